The maximum Gasteiger partial charge on any atom is 0.178 e. The number of methoxy groups -OCH3 is 2. The van der Waals surface area contributed by atoms with Gasteiger partial charge in [-0.25, -0.2) is 4.89 Å². The Morgan fingerprint density at radius 2 is 1.00 bits per heavy atom. The summed E-state index contributed by atoms with van der Waals surface area (Å²) in [5, 5.41) is 10.0. The predicted molar refractivity (Wildman–Crippen MR) is 96.0 cm³/mol. The van der Waals surface area contributed by atoms with E-state index in [4.69, 9.17) is 14.4 Å². The fourth-order valence-electron chi connectivity index (χ4n) is 2.98. The molecule has 4 heteroatoms. The minimum atomic E-state index is -1.15. The van der Waals surface area contributed by atoms with Crippen LogP contribution < -0.4 is 9.47 Å². The lowest BCUT2D eigenvalue weighted by molar-refractivity contribution is -0.302. The molecule has 0 saturated carbocycles. The summed E-state index contributed by atoms with van der Waals surface area (Å²) in [5.41, 5.74) is 1.23. The molecule has 25 heavy (non-hydrogen) atoms. The lowest BCUT2D eigenvalue weighted by Gasteiger charge is -2.32. The summed E-state index contributed by atoms with van der Waals surface area (Å²) in [6.07, 6.45) is 0. The average Bonchev–Trinajstić information content (AvgIpc) is 2.71. The van der Waals surface area contributed by atoms with Crippen molar-refractivity contribution in [3.63, 3.8) is 0 Å². The first-order valence-corrected chi connectivity index (χ1v) is 7.91. The van der Waals surface area contributed by atoms with Crippen LogP contribution in [-0.2, 0) is 10.5 Å². The first kappa shape index (κ1) is 17.0. The zero-order valence-electron chi connectivity index (χ0n) is 14.2. The Labute approximate surface area is 147 Å². The maximum atomic E-state index is 10.0. The number of benzene rings is 3. The van der Waals surface area contributed by atoms with Gasteiger partial charge < -0.3 is 9.47 Å². The van der Waals surface area contributed by atoms with Gasteiger partial charge in [0.2, 0.25) is 0 Å². The third-order valence-electron chi connectivity index (χ3n) is 4.31. The molecule has 0 atom stereocenters. The highest BCUT2D eigenvalue weighted by molar-refractivity contribution is 5.49. The molecule has 0 aliphatic heterocycles. The lowest BCUT2D eigenvalue weighted by Crippen LogP contribution is -2.31. The van der Waals surface area contributed by atoms with Crippen molar-refractivity contribution in [2.45, 2.75) is 5.60 Å². The van der Waals surface area contributed by atoms with Gasteiger partial charge in [0.05, 0.1) is 14.2 Å². The second-order valence-electron chi connectivity index (χ2n) is 5.60. The summed E-state index contributed by atoms with van der Waals surface area (Å²) >= 11 is 0. The molecule has 0 saturated heterocycles. The van der Waals surface area contributed by atoms with E-state index in [-0.39, 0.29) is 0 Å². The largest absolute Gasteiger partial charge is 0.497 e. The third kappa shape index (κ3) is 3.09. The van der Waals surface area contributed by atoms with Crippen molar-refractivity contribution in [3.05, 3.63) is 95.6 Å². The Bertz CT molecular complexity index is 748. The van der Waals surface area contributed by atoms with Crippen molar-refractivity contribution in [2.24, 2.45) is 0 Å². The number of rotatable bonds is 6. The summed E-state index contributed by atoms with van der Waals surface area (Å²) < 4.78 is 10.5. The molecule has 3 aromatic rings. The molecular formula is C21H20O4. The van der Waals surface area contributed by atoms with E-state index in [0.717, 1.165) is 28.2 Å². The van der Waals surface area contributed by atoms with Gasteiger partial charge in [-0.15, -0.1) is 0 Å². The molecule has 0 amide bonds. The Hall–Kier alpha value is -2.82. The van der Waals surface area contributed by atoms with E-state index in [2.05, 4.69) is 0 Å². The van der Waals surface area contributed by atoms with E-state index in [1.807, 2.05) is 78.9 Å². The van der Waals surface area contributed by atoms with Crippen LogP contribution in [-0.4, -0.2) is 19.5 Å². The van der Waals surface area contributed by atoms with Crippen molar-refractivity contribution in [3.8, 4) is 11.5 Å². The first-order valence-electron chi connectivity index (χ1n) is 7.91. The summed E-state index contributed by atoms with van der Waals surface area (Å²) in [6.45, 7) is 0. The molecule has 3 rings (SSSR count). The van der Waals surface area contributed by atoms with Gasteiger partial charge in [0.25, 0.3) is 0 Å². The fraction of sp³-hybridized carbons (Fsp3) is 0.143. The minimum absolute atomic E-state index is 0.735. The second kappa shape index (κ2) is 7.38. The van der Waals surface area contributed by atoms with E-state index < -0.39 is 5.60 Å². The molecule has 4 nitrogen and oxygen atoms in total. The Morgan fingerprint density at radius 3 is 1.36 bits per heavy atom. The lowest BCUT2D eigenvalue weighted by atomic mass is 9.80. The molecule has 0 aliphatic rings. The van der Waals surface area contributed by atoms with Gasteiger partial charge in [-0.1, -0.05) is 54.6 Å². The molecule has 0 aliphatic carbocycles. The van der Waals surface area contributed by atoms with E-state index in [9.17, 15) is 5.26 Å². The molecule has 0 aromatic heterocycles. The third-order valence-corrected chi connectivity index (χ3v) is 4.31. The summed E-state index contributed by atoms with van der Waals surface area (Å²) in [6, 6.07) is 24.5. The van der Waals surface area contributed by atoms with Crippen LogP contribution in [0.2, 0.25) is 0 Å². The zero-order valence-corrected chi connectivity index (χ0v) is 14.2. The van der Waals surface area contributed by atoms with Crippen LogP contribution in [0.3, 0.4) is 0 Å². The molecule has 0 spiro atoms. The van der Waals surface area contributed by atoms with Crippen LogP contribution in [0, 0.1) is 0 Å². The SMILES string of the molecule is COc1ccc(C(OO)(c2ccccc2)c2ccc(OC)cc2)cc1. The molecule has 1 N–H and O–H groups in total. The topological polar surface area (TPSA) is 47.9 Å². The van der Waals surface area contributed by atoms with Crippen LogP contribution in [0.25, 0.3) is 0 Å². The highest BCUT2D eigenvalue weighted by atomic mass is 17.1. The molecule has 0 radical (unpaired) electrons. The molecule has 128 valence electrons. The smallest absolute Gasteiger partial charge is 0.178 e. The molecule has 3 aromatic carbocycles. The Morgan fingerprint density at radius 1 is 0.600 bits per heavy atom. The van der Waals surface area contributed by atoms with Gasteiger partial charge in [0, 0.05) is 0 Å². The molecule has 0 heterocycles. The van der Waals surface area contributed by atoms with Crippen molar-refractivity contribution in [1.29, 1.82) is 0 Å². The number of hydrogen-bond acceptors (Lipinski definition) is 4. The highest BCUT2D eigenvalue weighted by Crippen LogP contribution is 2.40. The maximum absolute atomic E-state index is 10.0. The summed E-state index contributed by atoms with van der Waals surface area (Å²) in [4.78, 5) is 5.16. The molecule has 0 bridgehead atoms. The van der Waals surface area contributed by atoms with Crippen LogP contribution >= 0.6 is 0 Å². The summed E-state index contributed by atoms with van der Waals surface area (Å²) in [5.74, 6) is 1.47. The minimum Gasteiger partial charge on any atom is -0.497 e. The van der Waals surface area contributed by atoms with E-state index in [1.165, 1.54) is 0 Å². The van der Waals surface area contributed by atoms with Crippen molar-refractivity contribution in [1.82, 2.24) is 0 Å². The van der Waals surface area contributed by atoms with E-state index in [0.29, 0.717) is 0 Å². The quantitative estimate of drug-likeness (QED) is 0.409. The normalized spacial score (nSPS) is 11.2. The van der Waals surface area contributed by atoms with Crippen LogP contribution in [0.5, 0.6) is 11.5 Å². The Kier molecular flexibility index (Phi) is 5.03. The van der Waals surface area contributed by atoms with E-state index in [1.54, 1.807) is 14.2 Å². The van der Waals surface area contributed by atoms with Gasteiger partial charge in [0.15, 0.2) is 5.60 Å². The standard InChI is InChI=1S/C21H20O4/c1-23-19-12-8-17(9-13-19)21(25-22,16-6-4-3-5-7-16)18-10-14-20(24-2)15-11-18/h3-15,22H,1-2H3. The second-order valence-corrected chi connectivity index (χ2v) is 5.60. The number of hydrogen-bond donors (Lipinski definition) is 1. The highest BCUT2D eigenvalue weighted by Gasteiger charge is 2.38. The van der Waals surface area contributed by atoms with Gasteiger partial charge in [-0.2, -0.15) is 0 Å². The van der Waals surface area contributed by atoms with Crippen LogP contribution in [0.1, 0.15) is 16.7 Å². The van der Waals surface area contributed by atoms with E-state index >= 15 is 0 Å². The van der Waals surface area contributed by atoms with Crippen molar-refractivity contribution < 1.29 is 19.6 Å². The fourth-order valence-corrected chi connectivity index (χ4v) is 2.98. The van der Waals surface area contributed by atoms with Crippen LogP contribution in [0.4, 0.5) is 0 Å². The molecule has 0 fully saturated rings. The Balaban J connectivity index is 2.21. The van der Waals surface area contributed by atoms with Gasteiger partial charge >= 0.3 is 0 Å². The van der Waals surface area contributed by atoms with Gasteiger partial charge in [0.1, 0.15) is 11.5 Å². The summed E-state index contributed by atoms with van der Waals surface area (Å²) in [7, 11) is 3.23. The first-order chi connectivity index (χ1) is 12.2. The number of ether oxygens (including phenoxy) is 2. The van der Waals surface area contributed by atoms with Crippen molar-refractivity contribution in [2.75, 3.05) is 14.2 Å². The van der Waals surface area contributed by atoms with Gasteiger partial charge in [-0.05, 0) is 41.0 Å². The zero-order chi connectivity index (χ0) is 17.7. The average molecular weight is 336 g/mol. The monoisotopic (exact) mass is 336 g/mol. The predicted octanol–water partition coefficient (Wildman–Crippen LogP) is 4.49. The van der Waals surface area contributed by atoms with Crippen molar-refractivity contribution >= 4 is 0 Å². The van der Waals surface area contributed by atoms with Crippen LogP contribution in [0.15, 0.2) is 78.9 Å². The molecular weight excluding hydrogens is 316 g/mol. The molecule has 0 unspecified atom stereocenters. The van der Waals surface area contributed by atoms with Gasteiger partial charge in [-0.3, -0.25) is 5.26 Å².